The lowest BCUT2D eigenvalue weighted by Gasteiger charge is -2.18. The number of aromatic nitrogens is 3. The summed E-state index contributed by atoms with van der Waals surface area (Å²) < 4.78 is 1.87. The molecule has 0 aliphatic carbocycles. The lowest BCUT2D eigenvalue weighted by atomic mass is 10.1. The van der Waals surface area contributed by atoms with Crippen molar-refractivity contribution >= 4 is 11.3 Å². The summed E-state index contributed by atoms with van der Waals surface area (Å²) >= 11 is 0. The first-order chi connectivity index (χ1) is 10.0. The van der Waals surface area contributed by atoms with E-state index in [2.05, 4.69) is 22.3 Å². The monoisotopic (exact) mass is 282 g/mol. The fourth-order valence-electron chi connectivity index (χ4n) is 2.52. The minimum atomic E-state index is 0.0632. The van der Waals surface area contributed by atoms with Crippen LogP contribution in [0.4, 0.5) is 5.69 Å². The van der Waals surface area contributed by atoms with Gasteiger partial charge in [-0.2, -0.15) is 5.10 Å². The van der Waals surface area contributed by atoms with Crippen LogP contribution < -0.4 is 5.32 Å². The number of nitrogens with one attached hydrogen (secondary N) is 1. The molecule has 2 heterocycles. The maximum absolute atomic E-state index is 9.53. The Morgan fingerprint density at radius 2 is 2.05 bits per heavy atom. The standard InChI is InChI=1S/C16H18N4O/c1-10-7-16-17-9-15(12(3)20(16)19-10)11(2)18-13-5-4-6-14(21)8-13/h4-9,11,18,21H,1-3H3. The molecule has 5 nitrogen and oxygen atoms in total. The van der Waals surface area contributed by atoms with Crippen LogP contribution in [0.1, 0.15) is 29.9 Å². The van der Waals surface area contributed by atoms with E-state index in [4.69, 9.17) is 0 Å². The third-order valence-electron chi connectivity index (χ3n) is 3.58. The van der Waals surface area contributed by atoms with Gasteiger partial charge in [-0.25, -0.2) is 9.50 Å². The van der Waals surface area contributed by atoms with Crippen molar-refractivity contribution in [2.75, 3.05) is 5.32 Å². The lowest BCUT2D eigenvalue weighted by molar-refractivity contribution is 0.475. The highest BCUT2D eigenvalue weighted by atomic mass is 16.3. The van der Waals surface area contributed by atoms with Gasteiger partial charge in [0.2, 0.25) is 0 Å². The second kappa shape index (κ2) is 5.09. The van der Waals surface area contributed by atoms with E-state index in [9.17, 15) is 5.11 Å². The molecule has 0 aliphatic rings. The average Bonchev–Trinajstić information content (AvgIpc) is 2.80. The third kappa shape index (κ3) is 2.54. The molecule has 2 N–H and O–H groups in total. The lowest BCUT2D eigenvalue weighted by Crippen LogP contribution is -2.11. The molecule has 1 unspecified atom stereocenters. The number of aryl methyl sites for hydroxylation is 2. The van der Waals surface area contributed by atoms with Crippen LogP contribution in [-0.2, 0) is 0 Å². The third-order valence-corrected chi connectivity index (χ3v) is 3.58. The van der Waals surface area contributed by atoms with E-state index >= 15 is 0 Å². The summed E-state index contributed by atoms with van der Waals surface area (Å²) in [6, 6.07) is 9.12. The van der Waals surface area contributed by atoms with Crippen LogP contribution in [0.25, 0.3) is 5.65 Å². The maximum atomic E-state index is 9.53. The Labute approximate surface area is 123 Å². The van der Waals surface area contributed by atoms with E-state index in [0.29, 0.717) is 0 Å². The summed E-state index contributed by atoms with van der Waals surface area (Å²) in [6.45, 7) is 6.07. The van der Waals surface area contributed by atoms with E-state index in [0.717, 1.165) is 28.3 Å². The molecular weight excluding hydrogens is 264 g/mol. The molecule has 108 valence electrons. The van der Waals surface area contributed by atoms with Gasteiger partial charge in [0.15, 0.2) is 5.65 Å². The van der Waals surface area contributed by atoms with Crippen LogP contribution in [0.5, 0.6) is 5.75 Å². The van der Waals surface area contributed by atoms with Gasteiger partial charge in [0.25, 0.3) is 0 Å². The number of anilines is 1. The number of hydrogen-bond donors (Lipinski definition) is 2. The van der Waals surface area contributed by atoms with Crippen LogP contribution in [-0.4, -0.2) is 19.7 Å². The molecule has 1 aromatic carbocycles. The molecule has 0 amide bonds. The van der Waals surface area contributed by atoms with Crippen LogP contribution in [0.15, 0.2) is 36.5 Å². The van der Waals surface area contributed by atoms with Crippen molar-refractivity contribution in [3.05, 3.63) is 53.5 Å². The predicted molar refractivity (Wildman–Crippen MR) is 82.6 cm³/mol. The Hall–Kier alpha value is -2.56. The zero-order valence-corrected chi connectivity index (χ0v) is 12.3. The van der Waals surface area contributed by atoms with Gasteiger partial charge in [-0.15, -0.1) is 0 Å². The molecular formula is C16H18N4O. The summed E-state index contributed by atoms with van der Waals surface area (Å²) in [5.74, 6) is 0.250. The zero-order chi connectivity index (χ0) is 15.0. The number of aromatic hydroxyl groups is 1. The Bertz CT molecular complexity index is 794. The van der Waals surface area contributed by atoms with Gasteiger partial charge in [0.05, 0.1) is 11.7 Å². The van der Waals surface area contributed by atoms with Crippen molar-refractivity contribution < 1.29 is 5.11 Å². The molecule has 1 atom stereocenters. The minimum absolute atomic E-state index is 0.0632. The van der Waals surface area contributed by atoms with E-state index in [1.54, 1.807) is 12.1 Å². The number of phenolic OH excluding ortho intramolecular Hbond substituents is 1. The van der Waals surface area contributed by atoms with Crippen LogP contribution in [0.3, 0.4) is 0 Å². The highest BCUT2D eigenvalue weighted by Gasteiger charge is 2.13. The number of hydrogen-bond acceptors (Lipinski definition) is 4. The van der Waals surface area contributed by atoms with Crippen molar-refractivity contribution in [2.24, 2.45) is 0 Å². The molecule has 0 fully saturated rings. The van der Waals surface area contributed by atoms with Gasteiger partial charge >= 0.3 is 0 Å². The van der Waals surface area contributed by atoms with E-state index < -0.39 is 0 Å². The largest absolute Gasteiger partial charge is 0.508 e. The predicted octanol–water partition coefficient (Wildman–Crippen LogP) is 3.22. The number of fused-ring (bicyclic) bond motifs is 1. The Balaban J connectivity index is 1.94. The smallest absolute Gasteiger partial charge is 0.155 e. The molecule has 3 aromatic rings. The molecule has 0 spiro atoms. The van der Waals surface area contributed by atoms with E-state index in [-0.39, 0.29) is 11.8 Å². The molecule has 2 aromatic heterocycles. The molecule has 0 radical (unpaired) electrons. The van der Waals surface area contributed by atoms with Gasteiger partial charge in [-0.1, -0.05) is 6.07 Å². The normalized spacial score (nSPS) is 12.5. The number of phenols is 1. The zero-order valence-electron chi connectivity index (χ0n) is 12.3. The highest BCUT2D eigenvalue weighted by Crippen LogP contribution is 2.24. The molecule has 21 heavy (non-hydrogen) atoms. The van der Waals surface area contributed by atoms with E-state index in [1.165, 1.54) is 0 Å². The first-order valence-corrected chi connectivity index (χ1v) is 6.92. The summed E-state index contributed by atoms with van der Waals surface area (Å²) in [4.78, 5) is 4.45. The van der Waals surface area contributed by atoms with Gasteiger partial charge < -0.3 is 10.4 Å². The Morgan fingerprint density at radius 1 is 1.24 bits per heavy atom. The summed E-state index contributed by atoms with van der Waals surface area (Å²) in [7, 11) is 0. The molecule has 3 rings (SSSR count). The van der Waals surface area contributed by atoms with Crippen molar-refractivity contribution in [2.45, 2.75) is 26.8 Å². The van der Waals surface area contributed by atoms with E-state index in [1.807, 2.05) is 42.8 Å². The van der Waals surface area contributed by atoms with Crippen LogP contribution in [0, 0.1) is 13.8 Å². The number of nitrogens with zero attached hydrogens (tertiary/aromatic N) is 3. The molecule has 5 heteroatoms. The summed E-state index contributed by atoms with van der Waals surface area (Å²) in [6.07, 6.45) is 1.88. The second-order valence-electron chi connectivity index (χ2n) is 5.27. The minimum Gasteiger partial charge on any atom is -0.508 e. The van der Waals surface area contributed by atoms with Crippen LogP contribution in [0.2, 0.25) is 0 Å². The fourth-order valence-corrected chi connectivity index (χ4v) is 2.52. The van der Waals surface area contributed by atoms with Gasteiger partial charge in [0, 0.05) is 35.3 Å². The summed E-state index contributed by atoms with van der Waals surface area (Å²) in [5.41, 5.74) is 4.83. The van der Waals surface area contributed by atoms with Crippen LogP contribution >= 0.6 is 0 Å². The summed E-state index contributed by atoms with van der Waals surface area (Å²) in [5, 5.41) is 17.4. The maximum Gasteiger partial charge on any atom is 0.155 e. The first-order valence-electron chi connectivity index (χ1n) is 6.92. The molecule has 0 saturated carbocycles. The fraction of sp³-hybridized carbons (Fsp3) is 0.250. The second-order valence-corrected chi connectivity index (χ2v) is 5.27. The van der Waals surface area contributed by atoms with Crippen molar-refractivity contribution in [3.8, 4) is 5.75 Å². The average molecular weight is 282 g/mol. The molecule has 0 saturated heterocycles. The highest BCUT2D eigenvalue weighted by molar-refractivity contribution is 5.50. The number of rotatable bonds is 3. The SMILES string of the molecule is Cc1cc2ncc(C(C)Nc3cccc(O)c3)c(C)n2n1. The Kier molecular flexibility index (Phi) is 3.25. The van der Waals surface area contributed by atoms with Crippen molar-refractivity contribution in [1.29, 1.82) is 0 Å². The topological polar surface area (TPSA) is 62.5 Å². The number of benzene rings is 1. The molecule has 0 bridgehead atoms. The Morgan fingerprint density at radius 3 is 2.81 bits per heavy atom. The van der Waals surface area contributed by atoms with Gasteiger partial charge in [-0.05, 0) is 32.9 Å². The van der Waals surface area contributed by atoms with Crippen molar-refractivity contribution in [1.82, 2.24) is 14.6 Å². The van der Waals surface area contributed by atoms with Crippen molar-refractivity contribution in [3.63, 3.8) is 0 Å². The van der Waals surface area contributed by atoms with Gasteiger partial charge in [0.1, 0.15) is 5.75 Å². The first kappa shape index (κ1) is 13.4. The molecule has 0 aliphatic heterocycles. The quantitative estimate of drug-likeness (QED) is 0.774. The van der Waals surface area contributed by atoms with Gasteiger partial charge in [-0.3, -0.25) is 0 Å².